The Morgan fingerprint density at radius 1 is 0.964 bits per heavy atom. The van der Waals surface area contributed by atoms with E-state index in [1.165, 1.54) is 0 Å². The lowest BCUT2D eigenvalue weighted by atomic mass is 10.1. The lowest BCUT2D eigenvalue weighted by Crippen LogP contribution is -2.22. The summed E-state index contributed by atoms with van der Waals surface area (Å²) in [5.74, 6) is 1.61. The number of aromatic nitrogens is 1. The number of pyridine rings is 1. The standard InChI is InChI=1S/C23H26N2O3/c1-26-21-11-12-22(28-17-20-10-6-7-13-25-20)19(14-21)15-24-16-23(27-2)18-8-4-3-5-9-18/h3-14,23-24H,15-17H2,1-2H3. The van der Waals surface area contributed by atoms with Crippen LogP contribution >= 0.6 is 0 Å². The maximum atomic E-state index is 6.00. The highest BCUT2D eigenvalue weighted by Gasteiger charge is 2.11. The predicted molar refractivity (Wildman–Crippen MR) is 109 cm³/mol. The first-order chi connectivity index (χ1) is 13.8. The minimum Gasteiger partial charge on any atom is -0.497 e. The lowest BCUT2D eigenvalue weighted by molar-refractivity contribution is 0.102. The normalized spacial score (nSPS) is 11.8. The Balaban J connectivity index is 1.64. The summed E-state index contributed by atoms with van der Waals surface area (Å²) >= 11 is 0. The van der Waals surface area contributed by atoms with Gasteiger partial charge < -0.3 is 19.5 Å². The zero-order valence-corrected chi connectivity index (χ0v) is 16.3. The molecule has 0 aliphatic rings. The topological polar surface area (TPSA) is 52.6 Å². The second-order valence-electron chi connectivity index (χ2n) is 6.35. The Morgan fingerprint density at radius 2 is 1.79 bits per heavy atom. The van der Waals surface area contributed by atoms with Crippen LogP contribution in [0.3, 0.4) is 0 Å². The number of nitrogens with zero attached hydrogens (tertiary/aromatic N) is 1. The fourth-order valence-corrected chi connectivity index (χ4v) is 2.94. The molecular weight excluding hydrogens is 352 g/mol. The monoisotopic (exact) mass is 378 g/mol. The van der Waals surface area contributed by atoms with Crippen LogP contribution in [0.2, 0.25) is 0 Å². The van der Waals surface area contributed by atoms with Gasteiger partial charge in [-0.3, -0.25) is 4.98 Å². The summed E-state index contributed by atoms with van der Waals surface area (Å²) in [6.45, 7) is 1.75. The van der Waals surface area contributed by atoms with Gasteiger partial charge >= 0.3 is 0 Å². The van der Waals surface area contributed by atoms with Gasteiger partial charge in [0.15, 0.2) is 0 Å². The molecule has 1 unspecified atom stereocenters. The van der Waals surface area contributed by atoms with Crippen LogP contribution in [0, 0.1) is 0 Å². The summed E-state index contributed by atoms with van der Waals surface area (Å²) in [6.07, 6.45) is 1.76. The molecule has 0 spiro atoms. The van der Waals surface area contributed by atoms with Gasteiger partial charge in [-0.15, -0.1) is 0 Å². The third-order valence-electron chi connectivity index (χ3n) is 4.47. The Hall–Kier alpha value is -2.89. The summed E-state index contributed by atoms with van der Waals surface area (Å²) < 4.78 is 17.0. The molecule has 1 aromatic heterocycles. The van der Waals surface area contributed by atoms with Crippen molar-refractivity contribution < 1.29 is 14.2 Å². The molecule has 28 heavy (non-hydrogen) atoms. The van der Waals surface area contributed by atoms with Crippen LogP contribution in [-0.2, 0) is 17.9 Å². The molecule has 1 N–H and O–H groups in total. The van der Waals surface area contributed by atoms with Crippen molar-refractivity contribution in [2.75, 3.05) is 20.8 Å². The first-order valence-electron chi connectivity index (χ1n) is 9.28. The van der Waals surface area contributed by atoms with Crippen LogP contribution in [0.4, 0.5) is 0 Å². The van der Waals surface area contributed by atoms with Gasteiger partial charge in [0.25, 0.3) is 0 Å². The Bertz CT molecular complexity index is 841. The van der Waals surface area contributed by atoms with Gasteiger partial charge in [0.2, 0.25) is 0 Å². The van der Waals surface area contributed by atoms with E-state index in [9.17, 15) is 0 Å². The molecule has 0 bridgehead atoms. The van der Waals surface area contributed by atoms with Gasteiger partial charge in [0.05, 0.1) is 18.9 Å². The van der Waals surface area contributed by atoms with E-state index in [2.05, 4.69) is 22.4 Å². The number of ether oxygens (including phenoxy) is 3. The highest BCUT2D eigenvalue weighted by Crippen LogP contribution is 2.25. The predicted octanol–water partition coefficient (Wildman–Crippen LogP) is 4.15. The third kappa shape index (κ3) is 5.55. The van der Waals surface area contributed by atoms with E-state index in [-0.39, 0.29) is 6.10 Å². The first kappa shape index (κ1) is 19.9. The molecule has 0 fully saturated rings. The smallest absolute Gasteiger partial charge is 0.130 e. The number of hydrogen-bond acceptors (Lipinski definition) is 5. The molecule has 0 saturated heterocycles. The van der Waals surface area contributed by atoms with Crippen LogP contribution in [0.1, 0.15) is 22.9 Å². The zero-order chi connectivity index (χ0) is 19.6. The third-order valence-corrected chi connectivity index (χ3v) is 4.47. The summed E-state index contributed by atoms with van der Waals surface area (Å²) in [7, 11) is 3.39. The van der Waals surface area contributed by atoms with E-state index in [1.54, 1.807) is 20.4 Å². The average molecular weight is 378 g/mol. The maximum absolute atomic E-state index is 6.00. The van der Waals surface area contributed by atoms with Crippen molar-refractivity contribution >= 4 is 0 Å². The van der Waals surface area contributed by atoms with Crippen molar-refractivity contribution in [2.24, 2.45) is 0 Å². The van der Waals surface area contributed by atoms with E-state index in [0.29, 0.717) is 19.7 Å². The molecule has 0 aliphatic heterocycles. The molecule has 0 radical (unpaired) electrons. The molecule has 2 aromatic carbocycles. The summed E-state index contributed by atoms with van der Waals surface area (Å²) in [5.41, 5.74) is 3.06. The minimum atomic E-state index is -0.00954. The number of rotatable bonds is 10. The van der Waals surface area contributed by atoms with Gasteiger partial charge in [0.1, 0.15) is 18.1 Å². The van der Waals surface area contributed by atoms with Gasteiger partial charge in [0, 0.05) is 32.0 Å². The Labute approximate surface area is 166 Å². The largest absolute Gasteiger partial charge is 0.497 e. The highest BCUT2D eigenvalue weighted by molar-refractivity contribution is 5.40. The summed E-state index contributed by atoms with van der Waals surface area (Å²) in [4.78, 5) is 4.31. The molecule has 1 heterocycles. The molecule has 0 saturated carbocycles. The molecule has 0 aliphatic carbocycles. The molecule has 146 valence electrons. The van der Waals surface area contributed by atoms with Crippen molar-refractivity contribution in [3.63, 3.8) is 0 Å². The van der Waals surface area contributed by atoms with Gasteiger partial charge in [-0.25, -0.2) is 0 Å². The maximum Gasteiger partial charge on any atom is 0.130 e. The van der Waals surface area contributed by atoms with Gasteiger partial charge in [-0.2, -0.15) is 0 Å². The van der Waals surface area contributed by atoms with Gasteiger partial charge in [-0.1, -0.05) is 36.4 Å². The molecule has 5 nitrogen and oxygen atoms in total. The van der Waals surface area contributed by atoms with Crippen LogP contribution in [-0.4, -0.2) is 25.7 Å². The highest BCUT2D eigenvalue weighted by atomic mass is 16.5. The van der Waals surface area contributed by atoms with E-state index >= 15 is 0 Å². The van der Waals surface area contributed by atoms with E-state index in [1.807, 2.05) is 54.6 Å². The van der Waals surface area contributed by atoms with Crippen LogP contribution in [0.15, 0.2) is 72.9 Å². The zero-order valence-electron chi connectivity index (χ0n) is 16.3. The lowest BCUT2D eigenvalue weighted by Gasteiger charge is -2.18. The van der Waals surface area contributed by atoms with Crippen molar-refractivity contribution in [3.05, 3.63) is 89.7 Å². The second kappa shape index (κ2) is 10.4. The summed E-state index contributed by atoms with van der Waals surface area (Å²) in [6, 6.07) is 21.8. The summed E-state index contributed by atoms with van der Waals surface area (Å²) in [5, 5.41) is 3.46. The quantitative estimate of drug-likeness (QED) is 0.574. The van der Waals surface area contributed by atoms with Crippen LogP contribution in [0.25, 0.3) is 0 Å². The number of methoxy groups -OCH3 is 2. The first-order valence-corrected chi connectivity index (χ1v) is 9.28. The van der Waals surface area contributed by atoms with Crippen molar-refractivity contribution in [3.8, 4) is 11.5 Å². The number of nitrogens with one attached hydrogen (secondary N) is 1. The Kier molecular flexibility index (Phi) is 7.41. The van der Waals surface area contributed by atoms with E-state index in [4.69, 9.17) is 14.2 Å². The number of benzene rings is 2. The fraction of sp³-hybridized carbons (Fsp3) is 0.261. The fourth-order valence-electron chi connectivity index (χ4n) is 2.94. The van der Waals surface area contributed by atoms with Crippen LogP contribution in [0.5, 0.6) is 11.5 Å². The Morgan fingerprint density at radius 3 is 2.50 bits per heavy atom. The SMILES string of the molecule is COc1ccc(OCc2ccccn2)c(CNCC(OC)c2ccccc2)c1. The number of hydrogen-bond donors (Lipinski definition) is 1. The molecule has 3 rings (SSSR count). The second-order valence-corrected chi connectivity index (χ2v) is 6.35. The molecule has 3 aromatic rings. The van der Waals surface area contributed by atoms with Crippen molar-refractivity contribution in [1.82, 2.24) is 10.3 Å². The van der Waals surface area contributed by atoms with E-state index < -0.39 is 0 Å². The minimum absolute atomic E-state index is 0.00954. The molecule has 1 atom stereocenters. The molecular formula is C23H26N2O3. The molecule has 5 heteroatoms. The van der Waals surface area contributed by atoms with E-state index in [0.717, 1.165) is 28.3 Å². The van der Waals surface area contributed by atoms with Crippen LogP contribution < -0.4 is 14.8 Å². The van der Waals surface area contributed by atoms with Crippen molar-refractivity contribution in [1.29, 1.82) is 0 Å². The average Bonchev–Trinajstić information content (AvgIpc) is 2.77. The van der Waals surface area contributed by atoms with Gasteiger partial charge in [-0.05, 0) is 35.9 Å². The molecule has 0 amide bonds. The van der Waals surface area contributed by atoms with Crippen molar-refractivity contribution in [2.45, 2.75) is 19.3 Å².